The van der Waals surface area contributed by atoms with Gasteiger partial charge in [0.1, 0.15) is 0 Å². The average Bonchev–Trinajstić information content (AvgIpc) is 2.40. The van der Waals surface area contributed by atoms with Crippen LogP contribution < -0.4 is 19.7 Å². The third-order valence-corrected chi connectivity index (χ3v) is 3.91. The lowest BCUT2D eigenvalue weighted by Gasteiger charge is -2.29. The molecule has 1 aromatic rings. The van der Waals surface area contributed by atoms with E-state index in [4.69, 9.17) is 0 Å². The first-order valence-corrected chi connectivity index (χ1v) is 7.36. The molecule has 0 bridgehead atoms. The monoisotopic (exact) mass is 270 g/mol. The highest BCUT2D eigenvalue weighted by Crippen LogP contribution is 2.18. The molecule has 2 rings (SSSR count). The predicted molar refractivity (Wildman–Crippen MR) is 73.1 cm³/mol. The predicted octanol–water partition coefficient (Wildman–Crippen LogP) is -0.0277. The topological polar surface area (TPSA) is 73.5 Å². The molecule has 0 unspecified atom stereocenters. The number of benzene rings is 1. The number of hydrogen-bond donors (Lipinski definition) is 3. The Morgan fingerprint density at radius 2 is 1.78 bits per heavy atom. The van der Waals surface area contributed by atoms with Crippen molar-refractivity contribution >= 4 is 21.6 Å². The molecule has 1 heterocycles. The first kappa shape index (κ1) is 13.1. The van der Waals surface area contributed by atoms with Crippen LogP contribution >= 0.6 is 0 Å². The number of hydrogen-bond acceptors (Lipinski definition) is 4. The van der Waals surface area contributed by atoms with Crippen LogP contribution in [0.4, 0.5) is 11.4 Å². The molecule has 6 nitrogen and oxygen atoms in total. The van der Waals surface area contributed by atoms with Gasteiger partial charge >= 0.3 is 0 Å². The number of anilines is 2. The van der Waals surface area contributed by atoms with Gasteiger partial charge in [0.2, 0.25) is 0 Å². The molecule has 3 N–H and O–H groups in total. The van der Waals surface area contributed by atoms with Gasteiger partial charge in [-0.3, -0.25) is 4.72 Å². The minimum absolute atomic E-state index is 0.559. The van der Waals surface area contributed by atoms with E-state index < -0.39 is 10.2 Å². The first-order chi connectivity index (χ1) is 8.61. The van der Waals surface area contributed by atoms with Gasteiger partial charge in [-0.15, -0.1) is 0 Å². The maximum atomic E-state index is 11.3. The summed E-state index contributed by atoms with van der Waals surface area (Å²) in [5.74, 6) is 0. The highest BCUT2D eigenvalue weighted by molar-refractivity contribution is 7.90. The number of rotatable bonds is 4. The lowest BCUT2D eigenvalue weighted by Crippen LogP contribution is -2.43. The smallest absolute Gasteiger partial charge is 0.298 e. The summed E-state index contributed by atoms with van der Waals surface area (Å²) in [6, 6.07) is 7.40. The Kier molecular flexibility index (Phi) is 4.05. The van der Waals surface area contributed by atoms with Crippen molar-refractivity contribution in [1.82, 2.24) is 10.0 Å². The Hall–Kier alpha value is -1.31. The van der Waals surface area contributed by atoms with Gasteiger partial charge in [-0.05, 0) is 24.3 Å². The molecular weight excluding hydrogens is 252 g/mol. The van der Waals surface area contributed by atoms with Crippen LogP contribution in [0.3, 0.4) is 0 Å². The summed E-state index contributed by atoms with van der Waals surface area (Å²) in [4.78, 5) is 2.27. The molecule has 1 aromatic carbocycles. The number of nitrogens with one attached hydrogen (secondary N) is 3. The van der Waals surface area contributed by atoms with Crippen LogP contribution in [0.15, 0.2) is 24.3 Å². The van der Waals surface area contributed by atoms with Crippen molar-refractivity contribution < 1.29 is 8.42 Å². The summed E-state index contributed by atoms with van der Waals surface area (Å²) in [7, 11) is -2.06. The largest absolute Gasteiger partial charge is 0.369 e. The van der Waals surface area contributed by atoms with Gasteiger partial charge in [-0.2, -0.15) is 8.42 Å². The maximum Gasteiger partial charge on any atom is 0.298 e. The molecule has 0 atom stereocenters. The summed E-state index contributed by atoms with van der Waals surface area (Å²) in [6.07, 6.45) is 0. The molecule has 7 heteroatoms. The minimum Gasteiger partial charge on any atom is -0.369 e. The molecule has 100 valence electrons. The summed E-state index contributed by atoms with van der Waals surface area (Å²) in [6.45, 7) is 3.91. The van der Waals surface area contributed by atoms with Crippen molar-refractivity contribution in [3.63, 3.8) is 0 Å². The minimum atomic E-state index is -3.43. The van der Waals surface area contributed by atoms with Gasteiger partial charge in [0.25, 0.3) is 10.2 Å². The molecule has 0 aromatic heterocycles. The molecule has 0 amide bonds. The molecular formula is C11H18N4O2S. The van der Waals surface area contributed by atoms with Crippen molar-refractivity contribution in [3.8, 4) is 0 Å². The summed E-state index contributed by atoms with van der Waals surface area (Å²) in [5, 5.41) is 3.29. The molecule has 1 fully saturated rings. The highest BCUT2D eigenvalue weighted by Gasteiger charge is 2.11. The highest BCUT2D eigenvalue weighted by atomic mass is 32.2. The van der Waals surface area contributed by atoms with Crippen LogP contribution in [0.1, 0.15) is 0 Å². The van der Waals surface area contributed by atoms with E-state index in [0.717, 1.165) is 31.9 Å². The lowest BCUT2D eigenvalue weighted by molar-refractivity contribution is 0.589. The zero-order valence-corrected chi connectivity index (χ0v) is 11.1. The SMILES string of the molecule is CNS(=O)(=O)Nc1ccc(N2CCNCC2)cc1. The third-order valence-electron chi connectivity index (χ3n) is 2.87. The van der Waals surface area contributed by atoms with E-state index in [-0.39, 0.29) is 0 Å². The van der Waals surface area contributed by atoms with Gasteiger partial charge in [-0.25, -0.2) is 4.72 Å². The van der Waals surface area contributed by atoms with E-state index in [9.17, 15) is 8.42 Å². The second-order valence-corrected chi connectivity index (χ2v) is 5.71. The molecule has 1 aliphatic heterocycles. The van der Waals surface area contributed by atoms with E-state index in [2.05, 4.69) is 19.7 Å². The molecule has 18 heavy (non-hydrogen) atoms. The van der Waals surface area contributed by atoms with Crippen molar-refractivity contribution in [2.45, 2.75) is 0 Å². The Bertz CT molecular complexity index is 480. The van der Waals surface area contributed by atoms with Crippen LogP contribution in [-0.4, -0.2) is 41.6 Å². The van der Waals surface area contributed by atoms with Crippen LogP contribution in [0.25, 0.3) is 0 Å². The van der Waals surface area contributed by atoms with E-state index in [1.54, 1.807) is 12.1 Å². The average molecular weight is 270 g/mol. The fraction of sp³-hybridized carbons (Fsp3) is 0.455. The van der Waals surface area contributed by atoms with E-state index in [1.165, 1.54) is 7.05 Å². The van der Waals surface area contributed by atoms with Crippen molar-refractivity contribution in [3.05, 3.63) is 24.3 Å². The van der Waals surface area contributed by atoms with Crippen molar-refractivity contribution in [2.75, 3.05) is 42.8 Å². The summed E-state index contributed by atoms with van der Waals surface area (Å²) >= 11 is 0. The Morgan fingerprint density at radius 3 is 2.33 bits per heavy atom. The second-order valence-electron chi connectivity index (χ2n) is 4.09. The molecule has 0 spiro atoms. The lowest BCUT2D eigenvalue weighted by atomic mass is 10.2. The fourth-order valence-electron chi connectivity index (χ4n) is 1.87. The Labute approximate surface area is 108 Å². The van der Waals surface area contributed by atoms with Gasteiger partial charge in [0.15, 0.2) is 0 Å². The molecule has 0 saturated carbocycles. The maximum absolute atomic E-state index is 11.3. The molecule has 1 aliphatic rings. The zero-order valence-electron chi connectivity index (χ0n) is 10.3. The first-order valence-electron chi connectivity index (χ1n) is 5.88. The van der Waals surface area contributed by atoms with Gasteiger partial charge in [0.05, 0.1) is 0 Å². The van der Waals surface area contributed by atoms with Crippen LogP contribution in [0, 0.1) is 0 Å². The van der Waals surface area contributed by atoms with E-state index in [0.29, 0.717) is 5.69 Å². The Morgan fingerprint density at radius 1 is 1.17 bits per heavy atom. The molecule has 0 aliphatic carbocycles. The van der Waals surface area contributed by atoms with Crippen LogP contribution in [0.2, 0.25) is 0 Å². The van der Waals surface area contributed by atoms with E-state index >= 15 is 0 Å². The van der Waals surface area contributed by atoms with Crippen LogP contribution in [-0.2, 0) is 10.2 Å². The van der Waals surface area contributed by atoms with Gasteiger partial charge in [0, 0.05) is 44.6 Å². The summed E-state index contributed by atoms with van der Waals surface area (Å²) in [5.41, 5.74) is 1.67. The normalized spacial score (nSPS) is 16.6. The van der Waals surface area contributed by atoms with E-state index in [1.807, 2.05) is 12.1 Å². The number of nitrogens with zero attached hydrogens (tertiary/aromatic N) is 1. The quantitative estimate of drug-likeness (QED) is 0.718. The molecule has 1 saturated heterocycles. The van der Waals surface area contributed by atoms with Gasteiger partial charge in [-0.1, -0.05) is 0 Å². The van der Waals surface area contributed by atoms with Crippen LogP contribution in [0.5, 0.6) is 0 Å². The fourth-order valence-corrected chi connectivity index (χ4v) is 2.42. The Balaban J connectivity index is 2.05. The zero-order chi connectivity index (χ0) is 13.0. The molecule has 0 radical (unpaired) electrons. The number of piperazine rings is 1. The third kappa shape index (κ3) is 3.34. The van der Waals surface area contributed by atoms with Crippen molar-refractivity contribution in [1.29, 1.82) is 0 Å². The van der Waals surface area contributed by atoms with Gasteiger partial charge < -0.3 is 10.2 Å². The standard InChI is InChI=1S/C11H18N4O2S/c1-12-18(16,17)14-10-2-4-11(5-3-10)15-8-6-13-7-9-15/h2-5,12-14H,6-9H2,1H3. The van der Waals surface area contributed by atoms with Crippen molar-refractivity contribution in [2.24, 2.45) is 0 Å². The second kappa shape index (κ2) is 5.55. The summed E-state index contributed by atoms with van der Waals surface area (Å²) < 4.78 is 27.3.